The molecule has 0 aliphatic rings. The van der Waals surface area contributed by atoms with Gasteiger partial charge < -0.3 is 9.22 Å². The lowest BCUT2D eigenvalue weighted by molar-refractivity contribution is -0.890. The van der Waals surface area contributed by atoms with E-state index < -0.39 is 0 Å². The van der Waals surface area contributed by atoms with Gasteiger partial charge in [-0.05, 0) is 42.2 Å². The zero-order chi connectivity index (χ0) is 20.2. The van der Waals surface area contributed by atoms with Gasteiger partial charge in [0, 0.05) is 11.4 Å². The fraction of sp³-hybridized carbons (Fsp3) is 0.520. The van der Waals surface area contributed by atoms with Crippen molar-refractivity contribution in [3.05, 3.63) is 64.7 Å². The van der Waals surface area contributed by atoms with Gasteiger partial charge in [-0.15, -0.1) is 0 Å². The molecule has 0 heterocycles. The third-order valence-corrected chi connectivity index (χ3v) is 5.57. The van der Waals surface area contributed by atoms with E-state index >= 15 is 0 Å². The zero-order valence-electron chi connectivity index (χ0n) is 17.9. The van der Waals surface area contributed by atoms with Crippen LogP contribution < -0.4 is 4.74 Å². The smallest absolute Gasteiger partial charge is 0.137 e. The number of quaternary nitrogens is 1. The predicted molar refractivity (Wildman–Crippen MR) is 121 cm³/mol. The summed E-state index contributed by atoms with van der Waals surface area (Å²) in [6.07, 6.45) is 8.94. The topological polar surface area (TPSA) is 9.23 Å². The van der Waals surface area contributed by atoms with Gasteiger partial charge in [0.05, 0.1) is 20.6 Å². The first-order valence-electron chi connectivity index (χ1n) is 10.8. The molecule has 0 aliphatic heterocycles. The van der Waals surface area contributed by atoms with Crippen molar-refractivity contribution in [2.75, 3.05) is 33.8 Å². The summed E-state index contributed by atoms with van der Waals surface area (Å²) < 4.78 is 7.19. The van der Waals surface area contributed by atoms with Gasteiger partial charge in [-0.25, -0.2) is 0 Å². The molecule has 2 aromatic carbocycles. The molecule has 0 radical (unpaired) electrons. The van der Waals surface area contributed by atoms with E-state index in [-0.39, 0.29) is 0 Å². The molecule has 0 N–H and O–H groups in total. The molecule has 0 fully saturated rings. The minimum absolute atomic E-state index is 0.728. The first-order valence-corrected chi connectivity index (χ1v) is 11.1. The Morgan fingerprint density at radius 3 is 2.32 bits per heavy atom. The molecule has 3 heteroatoms. The van der Waals surface area contributed by atoms with Crippen LogP contribution in [-0.2, 0) is 6.42 Å². The molecule has 0 aliphatic carbocycles. The number of ether oxygens (including phenoxy) is 1. The van der Waals surface area contributed by atoms with E-state index in [2.05, 4.69) is 45.3 Å². The molecule has 28 heavy (non-hydrogen) atoms. The van der Waals surface area contributed by atoms with Crippen molar-refractivity contribution < 1.29 is 9.22 Å². The summed E-state index contributed by atoms with van der Waals surface area (Å²) in [4.78, 5) is 0. The Morgan fingerprint density at radius 2 is 1.57 bits per heavy atom. The van der Waals surface area contributed by atoms with E-state index in [1.165, 1.54) is 50.6 Å². The quantitative estimate of drug-likeness (QED) is 0.266. The number of benzene rings is 2. The summed E-state index contributed by atoms with van der Waals surface area (Å²) >= 11 is 6.23. The van der Waals surface area contributed by atoms with Crippen LogP contribution in [0.15, 0.2) is 48.5 Å². The molecular weight excluding hydrogens is 366 g/mol. The molecule has 0 bridgehead atoms. The lowest BCUT2D eigenvalue weighted by Crippen LogP contribution is -2.43. The maximum Gasteiger partial charge on any atom is 0.137 e. The highest BCUT2D eigenvalue weighted by molar-refractivity contribution is 6.30. The molecule has 154 valence electrons. The van der Waals surface area contributed by atoms with Crippen LogP contribution in [0.3, 0.4) is 0 Å². The lowest BCUT2D eigenvalue weighted by atomic mass is 10.0. The van der Waals surface area contributed by atoms with E-state index in [0.717, 1.165) is 40.4 Å². The summed E-state index contributed by atoms with van der Waals surface area (Å²) in [5.74, 6) is 0.952. The van der Waals surface area contributed by atoms with Crippen LogP contribution in [0.1, 0.15) is 56.6 Å². The lowest BCUT2D eigenvalue weighted by Gasteiger charge is -2.30. The van der Waals surface area contributed by atoms with Crippen LogP contribution in [0.5, 0.6) is 5.75 Å². The zero-order valence-corrected chi connectivity index (χ0v) is 18.7. The fourth-order valence-corrected chi connectivity index (χ4v) is 3.67. The number of likely N-dealkylation sites (N-methyl/N-ethyl adjacent to an activating group) is 1. The van der Waals surface area contributed by atoms with Gasteiger partial charge >= 0.3 is 0 Å². The van der Waals surface area contributed by atoms with Crippen molar-refractivity contribution in [1.82, 2.24) is 0 Å². The Bertz CT molecular complexity index is 684. The van der Waals surface area contributed by atoms with Crippen LogP contribution in [0, 0.1) is 0 Å². The summed E-state index contributed by atoms with van der Waals surface area (Å²) in [5, 5.41) is 0.762. The Balaban J connectivity index is 1.81. The average molecular weight is 403 g/mol. The molecule has 2 nitrogen and oxygen atoms in total. The molecule has 2 aromatic rings. The van der Waals surface area contributed by atoms with Crippen LogP contribution in [-0.4, -0.2) is 38.3 Å². The van der Waals surface area contributed by atoms with Gasteiger partial charge in [0.15, 0.2) is 0 Å². The van der Waals surface area contributed by atoms with Gasteiger partial charge in [-0.1, -0.05) is 74.5 Å². The summed E-state index contributed by atoms with van der Waals surface area (Å²) in [6, 6.07) is 16.4. The minimum atomic E-state index is 0.728. The molecule has 0 atom stereocenters. The first kappa shape index (κ1) is 22.8. The number of rotatable bonds is 13. The number of nitrogens with zero attached hydrogens (tertiary/aromatic N) is 1. The van der Waals surface area contributed by atoms with E-state index in [0.29, 0.717) is 0 Å². The minimum Gasteiger partial charge on any atom is -0.487 e. The van der Waals surface area contributed by atoms with Crippen LogP contribution in [0.4, 0.5) is 0 Å². The number of halogens is 1. The van der Waals surface area contributed by atoms with E-state index in [9.17, 15) is 0 Å². The van der Waals surface area contributed by atoms with Gasteiger partial charge in [-0.3, -0.25) is 0 Å². The average Bonchev–Trinajstić information content (AvgIpc) is 2.67. The summed E-state index contributed by atoms with van der Waals surface area (Å²) in [7, 11) is 4.62. The van der Waals surface area contributed by atoms with Crippen molar-refractivity contribution in [3.8, 4) is 5.75 Å². The Hall–Kier alpha value is -1.51. The van der Waals surface area contributed by atoms with Crippen molar-refractivity contribution >= 4 is 11.6 Å². The molecule has 0 unspecified atom stereocenters. The maximum atomic E-state index is 6.23. The highest BCUT2D eigenvalue weighted by Gasteiger charge is 2.15. The second-order valence-corrected chi connectivity index (χ2v) is 8.85. The SMILES string of the molecule is CCCCCCCC[N+](C)(C)CCOc1ccc(Cl)cc1Cc1ccccc1. The largest absolute Gasteiger partial charge is 0.487 e. The summed E-state index contributed by atoms with van der Waals surface area (Å²) in [6.45, 7) is 5.23. The third-order valence-electron chi connectivity index (χ3n) is 5.33. The first-order chi connectivity index (χ1) is 13.5. The van der Waals surface area contributed by atoms with Crippen LogP contribution in [0.25, 0.3) is 0 Å². The van der Waals surface area contributed by atoms with Gasteiger partial charge in [0.2, 0.25) is 0 Å². The molecular formula is C25H37ClNO+. The molecule has 0 saturated heterocycles. The second kappa shape index (κ2) is 12.1. The molecule has 0 saturated carbocycles. The Labute approximate surface area is 177 Å². The number of unbranched alkanes of at least 4 members (excludes halogenated alkanes) is 5. The second-order valence-electron chi connectivity index (χ2n) is 8.41. The monoisotopic (exact) mass is 402 g/mol. The molecule has 0 amide bonds. The number of hydrogen-bond acceptors (Lipinski definition) is 1. The van der Waals surface area contributed by atoms with Crippen molar-refractivity contribution in [3.63, 3.8) is 0 Å². The Morgan fingerprint density at radius 1 is 0.857 bits per heavy atom. The number of hydrogen-bond donors (Lipinski definition) is 0. The highest BCUT2D eigenvalue weighted by atomic mass is 35.5. The van der Waals surface area contributed by atoms with Crippen LogP contribution >= 0.6 is 11.6 Å². The van der Waals surface area contributed by atoms with E-state index in [1.807, 2.05) is 24.3 Å². The van der Waals surface area contributed by atoms with Crippen molar-refractivity contribution in [1.29, 1.82) is 0 Å². The van der Waals surface area contributed by atoms with Gasteiger partial charge in [-0.2, -0.15) is 0 Å². The van der Waals surface area contributed by atoms with Crippen molar-refractivity contribution in [2.24, 2.45) is 0 Å². The van der Waals surface area contributed by atoms with Gasteiger partial charge in [0.1, 0.15) is 18.9 Å². The maximum absolute atomic E-state index is 6.23. The normalized spacial score (nSPS) is 11.6. The predicted octanol–water partition coefficient (Wildman–Crippen LogP) is 6.75. The Kier molecular flexibility index (Phi) is 9.87. The van der Waals surface area contributed by atoms with E-state index in [1.54, 1.807) is 0 Å². The van der Waals surface area contributed by atoms with Gasteiger partial charge in [0.25, 0.3) is 0 Å². The third kappa shape index (κ3) is 8.67. The molecule has 0 spiro atoms. The fourth-order valence-electron chi connectivity index (χ4n) is 3.48. The summed E-state index contributed by atoms with van der Waals surface area (Å²) in [5.41, 5.74) is 2.42. The molecule has 2 rings (SSSR count). The van der Waals surface area contributed by atoms with E-state index in [4.69, 9.17) is 16.3 Å². The standard InChI is InChI=1S/C25H37ClNO/c1-4-5-6-7-8-12-17-27(2,3)18-19-28-25-16-15-24(26)21-23(25)20-22-13-10-9-11-14-22/h9-11,13-16,21H,4-8,12,17-20H2,1-3H3/q+1. The van der Waals surface area contributed by atoms with Crippen molar-refractivity contribution in [2.45, 2.75) is 51.9 Å². The highest BCUT2D eigenvalue weighted by Crippen LogP contribution is 2.25. The molecule has 0 aromatic heterocycles. The van der Waals surface area contributed by atoms with Crippen LogP contribution in [0.2, 0.25) is 5.02 Å².